The highest BCUT2D eigenvalue weighted by atomic mass is 35.5. The fraction of sp³-hybridized carbons (Fsp3) is 0.304. The molecule has 0 N–H and O–H groups in total. The molecule has 0 saturated carbocycles. The number of hydrogen-bond acceptors (Lipinski definition) is 5. The van der Waals surface area contributed by atoms with Crippen molar-refractivity contribution in [3.05, 3.63) is 82.0 Å². The van der Waals surface area contributed by atoms with Gasteiger partial charge < -0.3 is 9.42 Å². The Bertz CT molecular complexity index is 1050. The molecule has 1 aliphatic rings. The zero-order valence-electron chi connectivity index (χ0n) is 17.2. The van der Waals surface area contributed by atoms with Gasteiger partial charge in [-0.15, -0.1) is 11.8 Å². The summed E-state index contributed by atoms with van der Waals surface area (Å²) in [6.45, 7) is 4.84. The topological polar surface area (TPSA) is 49.6 Å². The molecule has 1 fully saturated rings. The standard InChI is InChI=1S/C23H23ClFN3O2S/c1-16-13-17(30-26-16)15-31-22-8-3-2-5-18(22)23(29)28-11-9-27(10-12-28)14-19-20(24)6-4-7-21(19)25/h2-8,13H,9-12,14-15H2,1H3. The molecule has 1 amide bonds. The Morgan fingerprint density at radius 1 is 1.16 bits per heavy atom. The van der Waals surface area contributed by atoms with Crippen LogP contribution in [-0.4, -0.2) is 47.0 Å². The maximum Gasteiger partial charge on any atom is 0.255 e. The van der Waals surface area contributed by atoms with Crippen LogP contribution in [0.1, 0.15) is 27.4 Å². The van der Waals surface area contributed by atoms with Crippen LogP contribution in [0.5, 0.6) is 0 Å². The Kier molecular flexibility index (Phi) is 6.95. The van der Waals surface area contributed by atoms with Crippen LogP contribution in [0.2, 0.25) is 5.02 Å². The zero-order valence-corrected chi connectivity index (χ0v) is 18.8. The van der Waals surface area contributed by atoms with E-state index >= 15 is 0 Å². The number of benzene rings is 2. The van der Waals surface area contributed by atoms with Gasteiger partial charge in [0.25, 0.3) is 5.91 Å². The Morgan fingerprint density at radius 2 is 1.94 bits per heavy atom. The van der Waals surface area contributed by atoms with Crippen molar-refractivity contribution in [2.45, 2.75) is 24.1 Å². The molecule has 2 aromatic carbocycles. The first-order valence-electron chi connectivity index (χ1n) is 10.1. The number of carbonyl (C=O) groups excluding carboxylic acids is 1. The first kappa shape index (κ1) is 21.9. The molecule has 1 aliphatic heterocycles. The van der Waals surface area contributed by atoms with Gasteiger partial charge in [-0.2, -0.15) is 0 Å². The van der Waals surface area contributed by atoms with E-state index in [-0.39, 0.29) is 11.7 Å². The lowest BCUT2D eigenvalue weighted by Crippen LogP contribution is -2.48. The molecule has 0 unspecified atom stereocenters. The molecule has 0 bridgehead atoms. The fourth-order valence-corrected chi connectivity index (χ4v) is 4.73. The highest BCUT2D eigenvalue weighted by molar-refractivity contribution is 7.98. The molecule has 1 saturated heterocycles. The Morgan fingerprint density at radius 3 is 2.65 bits per heavy atom. The van der Waals surface area contributed by atoms with Crippen LogP contribution in [0.25, 0.3) is 0 Å². The number of amides is 1. The van der Waals surface area contributed by atoms with Gasteiger partial charge in [-0.05, 0) is 31.2 Å². The molecule has 162 valence electrons. The molecule has 31 heavy (non-hydrogen) atoms. The van der Waals surface area contributed by atoms with Crippen molar-refractivity contribution in [1.29, 1.82) is 0 Å². The summed E-state index contributed by atoms with van der Waals surface area (Å²) >= 11 is 7.72. The van der Waals surface area contributed by atoms with Crippen LogP contribution in [0.3, 0.4) is 0 Å². The largest absolute Gasteiger partial charge is 0.360 e. The van der Waals surface area contributed by atoms with Crippen LogP contribution < -0.4 is 0 Å². The second kappa shape index (κ2) is 9.85. The van der Waals surface area contributed by atoms with Gasteiger partial charge in [-0.25, -0.2) is 4.39 Å². The number of rotatable bonds is 6. The third-order valence-corrected chi connectivity index (χ3v) is 6.72. The van der Waals surface area contributed by atoms with Gasteiger partial charge in [0.15, 0.2) is 0 Å². The van der Waals surface area contributed by atoms with Gasteiger partial charge in [-0.1, -0.05) is 35.0 Å². The molecule has 0 radical (unpaired) electrons. The average Bonchev–Trinajstić information content (AvgIpc) is 3.20. The number of thioether (sulfide) groups is 1. The van der Waals surface area contributed by atoms with Gasteiger partial charge in [0, 0.05) is 54.3 Å². The number of hydrogen-bond donors (Lipinski definition) is 0. The lowest BCUT2D eigenvalue weighted by molar-refractivity contribution is 0.0623. The van der Waals surface area contributed by atoms with Gasteiger partial charge >= 0.3 is 0 Å². The molecular weight excluding hydrogens is 437 g/mol. The normalized spacial score (nSPS) is 14.7. The fourth-order valence-electron chi connectivity index (χ4n) is 3.59. The predicted molar refractivity (Wildman–Crippen MR) is 120 cm³/mol. The SMILES string of the molecule is Cc1cc(CSc2ccccc2C(=O)N2CCN(Cc3c(F)cccc3Cl)CC2)on1. The van der Waals surface area contributed by atoms with Gasteiger partial charge in [0.2, 0.25) is 0 Å². The summed E-state index contributed by atoms with van der Waals surface area (Å²) < 4.78 is 19.4. The number of aromatic nitrogens is 1. The summed E-state index contributed by atoms with van der Waals surface area (Å²) in [7, 11) is 0. The summed E-state index contributed by atoms with van der Waals surface area (Å²) in [6.07, 6.45) is 0. The number of piperazine rings is 1. The van der Waals surface area contributed by atoms with Gasteiger partial charge in [-0.3, -0.25) is 9.69 Å². The van der Waals surface area contributed by atoms with E-state index < -0.39 is 0 Å². The van der Waals surface area contributed by atoms with Gasteiger partial charge in [0.1, 0.15) is 11.6 Å². The van der Waals surface area contributed by atoms with Crippen LogP contribution in [0.15, 0.2) is 57.9 Å². The monoisotopic (exact) mass is 459 g/mol. The summed E-state index contributed by atoms with van der Waals surface area (Å²) in [5, 5.41) is 4.34. The zero-order chi connectivity index (χ0) is 21.8. The van der Waals surface area contributed by atoms with Crippen molar-refractivity contribution >= 4 is 29.3 Å². The highest BCUT2D eigenvalue weighted by Gasteiger charge is 2.25. The lowest BCUT2D eigenvalue weighted by atomic mass is 10.1. The Labute approximate surface area is 190 Å². The molecule has 0 spiro atoms. The third kappa shape index (κ3) is 5.29. The average molecular weight is 460 g/mol. The first-order chi connectivity index (χ1) is 15.0. The maximum atomic E-state index is 14.1. The van der Waals surface area contributed by atoms with E-state index in [0.29, 0.717) is 54.6 Å². The molecule has 4 rings (SSSR count). The lowest BCUT2D eigenvalue weighted by Gasteiger charge is -2.35. The number of carbonyl (C=O) groups is 1. The molecular formula is C23H23ClFN3O2S. The van der Waals surface area contributed by atoms with Crippen LogP contribution in [-0.2, 0) is 12.3 Å². The number of nitrogens with zero attached hydrogens (tertiary/aromatic N) is 3. The van der Waals surface area contributed by atoms with E-state index in [2.05, 4.69) is 10.1 Å². The minimum atomic E-state index is -0.293. The van der Waals surface area contributed by atoms with E-state index in [4.69, 9.17) is 16.1 Å². The summed E-state index contributed by atoms with van der Waals surface area (Å²) in [6, 6.07) is 14.3. The Balaban J connectivity index is 1.37. The quantitative estimate of drug-likeness (QED) is 0.484. The smallest absolute Gasteiger partial charge is 0.255 e. The predicted octanol–water partition coefficient (Wildman–Crippen LogP) is 5.03. The highest BCUT2D eigenvalue weighted by Crippen LogP contribution is 2.28. The third-order valence-electron chi connectivity index (χ3n) is 5.27. The minimum Gasteiger partial charge on any atom is -0.360 e. The molecule has 0 atom stereocenters. The van der Waals surface area contributed by atoms with Crippen molar-refractivity contribution in [2.24, 2.45) is 0 Å². The molecule has 1 aromatic heterocycles. The van der Waals surface area contributed by atoms with Crippen molar-refractivity contribution in [1.82, 2.24) is 15.0 Å². The van der Waals surface area contributed by atoms with E-state index in [9.17, 15) is 9.18 Å². The second-order valence-electron chi connectivity index (χ2n) is 7.49. The first-order valence-corrected chi connectivity index (χ1v) is 11.5. The van der Waals surface area contributed by atoms with Crippen molar-refractivity contribution in [2.75, 3.05) is 26.2 Å². The molecule has 5 nitrogen and oxygen atoms in total. The van der Waals surface area contributed by atoms with Crippen LogP contribution >= 0.6 is 23.4 Å². The Hall–Kier alpha value is -2.35. The molecule has 2 heterocycles. The van der Waals surface area contributed by atoms with E-state index in [0.717, 1.165) is 16.3 Å². The van der Waals surface area contributed by atoms with E-state index in [1.165, 1.54) is 6.07 Å². The maximum absolute atomic E-state index is 14.1. The van der Waals surface area contributed by atoms with Gasteiger partial charge in [0.05, 0.1) is 17.0 Å². The summed E-state index contributed by atoms with van der Waals surface area (Å²) in [5.74, 6) is 1.12. The van der Waals surface area contributed by atoms with Crippen LogP contribution in [0, 0.1) is 12.7 Å². The molecule has 8 heteroatoms. The molecule has 3 aromatic rings. The van der Waals surface area contributed by atoms with Crippen molar-refractivity contribution in [3.63, 3.8) is 0 Å². The summed E-state index contributed by atoms with van der Waals surface area (Å²) in [4.78, 5) is 18.1. The molecule has 0 aliphatic carbocycles. The van der Waals surface area contributed by atoms with E-state index in [1.54, 1.807) is 23.9 Å². The number of aryl methyl sites for hydroxylation is 1. The van der Waals surface area contributed by atoms with E-state index in [1.807, 2.05) is 42.2 Å². The number of halogens is 2. The van der Waals surface area contributed by atoms with Crippen molar-refractivity contribution < 1.29 is 13.7 Å². The van der Waals surface area contributed by atoms with Crippen molar-refractivity contribution in [3.8, 4) is 0 Å². The summed E-state index contributed by atoms with van der Waals surface area (Å²) in [5.41, 5.74) is 2.04. The minimum absolute atomic E-state index is 0.0143. The second-order valence-corrected chi connectivity index (χ2v) is 8.91. The van der Waals surface area contributed by atoms with Crippen LogP contribution in [0.4, 0.5) is 4.39 Å².